The molecule has 1 amide bonds. The van der Waals surface area contributed by atoms with Gasteiger partial charge in [0, 0.05) is 6.20 Å². The van der Waals surface area contributed by atoms with Crippen molar-refractivity contribution in [1.29, 1.82) is 0 Å². The summed E-state index contributed by atoms with van der Waals surface area (Å²) in [6, 6.07) is 3.50. The van der Waals surface area contributed by atoms with Crippen LogP contribution in [0.5, 0.6) is 0 Å². The first kappa shape index (κ1) is 15.9. The zero-order valence-corrected chi connectivity index (χ0v) is 12.6. The number of rotatable bonds is 6. The molecule has 102 valence electrons. The Morgan fingerprint density at radius 3 is 2.79 bits per heavy atom. The van der Waals surface area contributed by atoms with E-state index in [-0.39, 0.29) is 11.7 Å². The van der Waals surface area contributed by atoms with Crippen molar-refractivity contribution in [2.75, 3.05) is 5.75 Å². The van der Waals surface area contributed by atoms with Gasteiger partial charge in [-0.05, 0) is 25.0 Å². The molecule has 0 aliphatic heterocycles. The fourth-order valence-electron chi connectivity index (χ4n) is 1.58. The van der Waals surface area contributed by atoms with E-state index < -0.39 is 5.54 Å². The Morgan fingerprint density at radius 2 is 2.26 bits per heavy atom. The summed E-state index contributed by atoms with van der Waals surface area (Å²) in [5.41, 5.74) is -0.550. The Hall–Kier alpha value is -1.18. The fourth-order valence-corrected chi connectivity index (χ4v) is 2.55. The number of pyridine rings is 1. The van der Waals surface area contributed by atoms with Crippen molar-refractivity contribution in [3.8, 4) is 12.3 Å². The summed E-state index contributed by atoms with van der Waals surface area (Å²) < 4.78 is 0. The first-order chi connectivity index (χ1) is 9.06. The van der Waals surface area contributed by atoms with Gasteiger partial charge in [-0.1, -0.05) is 43.1 Å². The van der Waals surface area contributed by atoms with Crippen LogP contribution in [0.3, 0.4) is 0 Å². The summed E-state index contributed by atoms with van der Waals surface area (Å²) >= 11 is 7.28. The largest absolute Gasteiger partial charge is 0.339 e. The summed E-state index contributed by atoms with van der Waals surface area (Å²) in [7, 11) is 0. The molecule has 0 aromatic carbocycles. The predicted molar refractivity (Wildman–Crippen MR) is 80.3 cm³/mol. The number of hydrogen-bond acceptors (Lipinski definition) is 3. The topological polar surface area (TPSA) is 42.0 Å². The average Bonchev–Trinajstić information content (AvgIpc) is 2.44. The first-order valence-electron chi connectivity index (χ1n) is 6.09. The molecule has 0 aliphatic rings. The number of terminal acetylenes is 1. The van der Waals surface area contributed by atoms with Gasteiger partial charge in [-0.25, -0.2) is 4.98 Å². The Kier molecular flexibility index (Phi) is 6.20. The normalized spacial score (nSPS) is 10.8. The lowest BCUT2D eigenvalue weighted by Gasteiger charge is -2.26. The van der Waals surface area contributed by atoms with Crippen LogP contribution in [0.1, 0.15) is 26.7 Å². The van der Waals surface area contributed by atoms with Gasteiger partial charge in [-0.15, -0.1) is 6.42 Å². The lowest BCUT2D eigenvalue weighted by atomic mass is 9.94. The smallest absolute Gasteiger partial charge is 0.231 e. The minimum absolute atomic E-state index is 0.103. The Morgan fingerprint density at radius 1 is 1.58 bits per heavy atom. The van der Waals surface area contributed by atoms with Gasteiger partial charge in [0.25, 0.3) is 0 Å². The predicted octanol–water partition coefficient (Wildman–Crippen LogP) is 3.14. The highest BCUT2D eigenvalue weighted by molar-refractivity contribution is 8.00. The van der Waals surface area contributed by atoms with Crippen LogP contribution in [0.25, 0.3) is 0 Å². The lowest BCUT2D eigenvalue weighted by molar-refractivity contribution is -0.119. The summed E-state index contributed by atoms with van der Waals surface area (Å²) in [5.74, 6) is 2.82. The molecular formula is C14H17ClN2OS. The van der Waals surface area contributed by atoms with Crippen molar-refractivity contribution in [1.82, 2.24) is 10.3 Å². The number of hydrogen-bond donors (Lipinski definition) is 1. The molecule has 0 fully saturated rings. The van der Waals surface area contributed by atoms with E-state index >= 15 is 0 Å². The number of nitrogens with zero attached hydrogens (tertiary/aromatic N) is 1. The Balaban J connectivity index is 2.58. The third-order valence-corrected chi connectivity index (χ3v) is 4.35. The summed E-state index contributed by atoms with van der Waals surface area (Å²) in [6.07, 6.45) is 8.57. The van der Waals surface area contributed by atoms with Gasteiger partial charge >= 0.3 is 0 Å². The molecule has 1 N–H and O–H groups in total. The third kappa shape index (κ3) is 4.45. The van der Waals surface area contributed by atoms with Gasteiger partial charge in [0.2, 0.25) is 5.91 Å². The molecule has 0 saturated carbocycles. The standard InChI is InChI=1S/C14H17ClN2OS/c1-4-14(5-2,6-3)17-12(18)10-19-13-11(15)8-7-9-16-13/h1,7-9H,5-6,10H2,2-3H3,(H,17,18). The van der Waals surface area contributed by atoms with Gasteiger partial charge < -0.3 is 5.32 Å². The van der Waals surface area contributed by atoms with Crippen molar-refractivity contribution in [3.05, 3.63) is 23.4 Å². The van der Waals surface area contributed by atoms with Crippen LogP contribution in [0.4, 0.5) is 0 Å². The van der Waals surface area contributed by atoms with E-state index in [1.165, 1.54) is 11.8 Å². The van der Waals surface area contributed by atoms with Crippen molar-refractivity contribution >= 4 is 29.3 Å². The van der Waals surface area contributed by atoms with Crippen molar-refractivity contribution < 1.29 is 4.79 Å². The van der Waals surface area contributed by atoms with Crippen molar-refractivity contribution in [3.63, 3.8) is 0 Å². The molecular weight excluding hydrogens is 280 g/mol. The van der Waals surface area contributed by atoms with E-state index in [0.717, 1.165) is 0 Å². The van der Waals surface area contributed by atoms with Crippen LogP contribution >= 0.6 is 23.4 Å². The molecule has 0 radical (unpaired) electrons. The van der Waals surface area contributed by atoms with E-state index in [1.54, 1.807) is 18.3 Å². The van der Waals surface area contributed by atoms with E-state index in [1.807, 2.05) is 13.8 Å². The second kappa shape index (κ2) is 7.42. The molecule has 0 spiro atoms. The monoisotopic (exact) mass is 296 g/mol. The SMILES string of the molecule is C#CC(CC)(CC)NC(=O)CSc1ncccc1Cl. The van der Waals surface area contributed by atoms with Crippen LogP contribution in [0.15, 0.2) is 23.4 Å². The quantitative estimate of drug-likeness (QED) is 0.648. The molecule has 0 saturated heterocycles. The number of carbonyl (C=O) groups excluding carboxylic acids is 1. The highest BCUT2D eigenvalue weighted by Gasteiger charge is 2.25. The molecule has 0 bridgehead atoms. The molecule has 1 aromatic heterocycles. The van der Waals surface area contributed by atoms with Crippen LogP contribution in [-0.4, -0.2) is 22.2 Å². The number of amides is 1. The molecule has 1 heterocycles. The molecule has 19 heavy (non-hydrogen) atoms. The summed E-state index contributed by atoms with van der Waals surface area (Å²) in [4.78, 5) is 16.0. The van der Waals surface area contributed by atoms with E-state index in [2.05, 4.69) is 16.2 Å². The average molecular weight is 297 g/mol. The number of thioether (sulfide) groups is 1. The zero-order valence-electron chi connectivity index (χ0n) is 11.1. The fraction of sp³-hybridized carbons (Fsp3) is 0.429. The van der Waals surface area contributed by atoms with Gasteiger partial charge in [-0.3, -0.25) is 4.79 Å². The maximum atomic E-state index is 11.9. The van der Waals surface area contributed by atoms with Gasteiger partial charge in [0.15, 0.2) is 0 Å². The summed E-state index contributed by atoms with van der Waals surface area (Å²) in [6.45, 7) is 3.93. The maximum absolute atomic E-state index is 11.9. The van der Waals surface area contributed by atoms with Gasteiger partial charge in [0.05, 0.1) is 10.8 Å². The number of aromatic nitrogens is 1. The minimum atomic E-state index is -0.550. The van der Waals surface area contributed by atoms with E-state index in [9.17, 15) is 4.79 Å². The van der Waals surface area contributed by atoms with Crippen molar-refractivity contribution in [2.45, 2.75) is 37.3 Å². The molecule has 3 nitrogen and oxygen atoms in total. The summed E-state index contributed by atoms with van der Waals surface area (Å²) in [5, 5.41) is 4.10. The number of nitrogens with one attached hydrogen (secondary N) is 1. The number of halogens is 1. The zero-order chi connectivity index (χ0) is 14.3. The van der Waals surface area contributed by atoms with E-state index in [0.29, 0.717) is 22.9 Å². The minimum Gasteiger partial charge on any atom is -0.339 e. The van der Waals surface area contributed by atoms with Crippen LogP contribution in [0.2, 0.25) is 5.02 Å². The Bertz CT molecular complexity index is 481. The second-order valence-corrected chi connectivity index (χ2v) is 5.43. The third-order valence-electron chi connectivity index (χ3n) is 2.93. The van der Waals surface area contributed by atoms with Gasteiger partial charge in [-0.2, -0.15) is 0 Å². The molecule has 0 unspecified atom stereocenters. The lowest BCUT2D eigenvalue weighted by Crippen LogP contribution is -2.47. The van der Waals surface area contributed by atoms with Gasteiger partial charge in [0.1, 0.15) is 10.6 Å². The molecule has 0 atom stereocenters. The molecule has 0 aliphatic carbocycles. The highest BCUT2D eigenvalue weighted by Crippen LogP contribution is 2.24. The molecule has 5 heteroatoms. The van der Waals surface area contributed by atoms with Crippen molar-refractivity contribution in [2.24, 2.45) is 0 Å². The molecule has 1 aromatic rings. The molecule has 1 rings (SSSR count). The van der Waals surface area contributed by atoms with E-state index in [4.69, 9.17) is 18.0 Å². The van der Waals surface area contributed by atoms with Crippen LogP contribution in [-0.2, 0) is 4.79 Å². The Labute approximate surface area is 123 Å². The first-order valence-corrected chi connectivity index (χ1v) is 7.45. The highest BCUT2D eigenvalue weighted by atomic mass is 35.5. The maximum Gasteiger partial charge on any atom is 0.231 e. The second-order valence-electron chi connectivity index (χ2n) is 4.06. The number of carbonyl (C=O) groups is 1. The van der Waals surface area contributed by atoms with Crippen LogP contribution in [0, 0.1) is 12.3 Å². The van der Waals surface area contributed by atoms with Crippen LogP contribution < -0.4 is 5.32 Å².